The summed E-state index contributed by atoms with van der Waals surface area (Å²) in [4.78, 5) is 14.4. The van der Waals surface area contributed by atoms with E-state index in [-0.39, 0.29) is 11.9 Å². The van der Waals surface area contributed by atoms with Gasteiger partial charge in [-0.25, -0.2) is 0 Å². The van der Waals surface area contributed by atoms with Crippen molar-refractivity contribution in [2.24, 2.45) is 0 Å². The van der Waals surface area contributed by atoms with Crippen LogP contribution in [0, 0.1) is 0 Å². The topological polar surface area (TPSA) is 62.1 Å². The van der Waals surface area contributed by atoms with Gasteiger partial charge in [0.2, 0.25) is 0 Å². The SMILES string of the molecule is C[C@@H]([NH2+]CC(=O)Nc1ccc(N2CCCC2)cc1)c1ccco1. The van der Waals surface area contributed by atoms with Crippen LogP contribution in [-0.4, -0.2) is 25.5 Å². The Morgan fingerprint density at radius 1 is 1.26 bits per heavy atom. The number of carbonyl (C=O) groups excluding carboxylic acids is 1. The number of nitrogens with two attached hydrogens (primary N) is 1. The largest absolute Gasteiger partial charge is 0.463 e. The van der Waals surface area contributed by atoms with E-state index in [2.05, 4.69) is 22.3 Å². The van der Waals surface area contributed by atoms with Gasteiger partial charge in [0.1, 0.15) is 6.04 Å². The molecular formula is C18H24N3O2+. The summed E-state index contributed by atoms with van der Waals surface area (Å²) in [5.41, 5.74) is 2.08. The molecule has 1 saturated heterocycles. The molecule has 0 bridgehead atoms. The van der Waals surface area contributed by atoms with Gasteiger partial charge in [-0.15, -0.1) is 0 Å². The number of carbonyl (C=O) groups is 1. The lowest BCUT2D eigenvalue weighted by Gasteiger charge is -2.17. The number of nitrogens with one attached hydrogen (secondary N) is 1. The summed E-state index contributed by atoms with van der Waals surface area (Å²) in [6, 6.07) is 12.0. The average molecular weight is 314 g/mol. The third kappa shape index (κ3) is 4.13. The van der Waals surface area contributed by atoms with E-state index in [1.54, 1.807) is 6.26 Å². The van der Waals surface area contributed by atoms with Crippen LogP contribution in [0.5, 0.6) is 0 Å². The van der Waals surface area contributed by atoms with Crippen molar-refractivity contribution >= 4 is 17.3 Å². The molecule has 1 atom stereocenters. The van der Waals surface area contributed by atoms with Crippen molar-refractivity contribution in [1.82, 2.24) is 0 Å². The minimum atomic E-state index is -0.00247. The second kappa shape index (κ2) is 7.33. The first-order valence-electron chi connectivity index (χ1n) is 8.24. The molecule has 0 aliphatic carbocycles. The number of amides is 1. The number of nitrogens with zero attached hydrogens (tertiary/aromatic N) is 1. The fraction of sp³-hybridized carbons (Fsp3) is 0.389. The first-order chi connectivity index (χ1) is 11.2. The minimum Gasteiger partial charge on any atom is -0.463 e. The second-order valence-corrected chi connectivity index (χ2v) is 6.03. The van der Waals surface area contributed by atoms with E-state index >= 15 is 0 Å². The Hall–Kier alpha value is -2.27. The molecule has 0 radical (unpaired) electrons. The predicted octanol–water partition coefficient (Wildman–Crippen LogP) is 2.14. The Labute approximate surface area is 136 Å². The highest BCUT2D eigenvalue weighted by Gasteiger charge is 2.14. The maximum Gasteiger partial charge on any atom is 0.279 e. The molecule has 1 aliphatic rings. The number of furan rings is 1. The van der Waals surface area contributed by atoms with E-state index in [9.17, 15) is 4.79 Å². The monoisotopic (exact) mass is 314 g/mol. The van der Waals surface area contributed by atoms with Crippen molar-refractivity contribution in [3.63, 3.8) is 0 Å². The van der Waals surface area contributed by atoms with Gasteiger partial charge in [0.05, 0.1) is 6.26 Å². The smallest absolute Gasteiger partial charge is 0.279 e. The van der Waals surface area contributed by atoms with Crippen LogP contribution in [0.1, 0.15) is 31.6 Å². The quantitative estimate of drug-likeness (QED) is 0.859. The average Bonchev–Trinajstić information content (AvgIpc) is 3.26. The van der Waals surface area contributed by atoms with Crippen molar-refractivity contribution < 1.29 is 14.5 Å². The molecule has 1 amide bonds. The number of hydrogen-bond acceptors (Lipinski definition) is 3. The van der Waals surface area contributed by atoms with Crippen LogP contribution in [0.4, 0.5) is 11.4 Å². The molecule has 23 heavy (non-hydrogen) atoms. The Morgan fingerprint density at radius 2 is 2.00 bits per heavy atom. The first kappa shape index (κ1) is 15.6. The van der Waals surface area contributed by atoms with Gasteiger partial charge < -0.3 is 20.0 Å². The van der Waals surface area contributed by atoms with Gasteiger partial charge in [-0.2, -0.15) is 0 Å². The van der Waals surface area contributed by atoms with Gasteiger partial charge in [0.25, 0.3) is 5.91 Å². The van der Waals surface area contributed by atoms with Crippen LogP contribution in [0.3, 0.4) is 0 Å². The van der Waals surface area contributed by atoms with Gasteiger partial charge >= 0.3 is 0 Å². The number of benzene rings is 1. The molecule has 0 unspecified atom stereocenters. The van der Waals surface area contributed by atoms with Crippen molar-refractivity contribution in [3.8, 4) is 0 Å². The fourth-order valence-electron chi connectivity index (χ4n) is 2.89. The van der Waals surface area contributed by atoms with E-state index < -0.39 is 0 Å². The Morgan fingerprint density at radius 3 is 2.65 bits per heavy atom. The number of rotatable bonds is 6. The highest BCUT2D eigenvalue weighted by atomic mass is 16.3. The second-order valence-electron chi connectivity index (χ2n) is 6.03. The maximum atomic E-state index is 12.0. The summed E-state index contributed by atoms with van der Waals surface area (Å²) >= 11 is 0. The van der Waals surface area contributed by atoms with Gasteiger partial charge in [-0.3, -0.25) is 4.79 Å². The van der Waals surface area contributed by atoms with Crippen molar-refractivity contribution in [1.29, 1.82) is 0 Å². The van der Waals surface area contributed by atoms with Crippen molar-refractivity contribution in [3.05, 3.63) is 48.4 Å². The molecule has 1 aliphatic heterocycles. The summed E-state index contributed by atoms with van der Waals surface area (Å²) in [6.07, 6.45) is 4.19. The van der Waals surface area contributed by atoms with Gasteiger partial charge in [-0.05, 0) is 56.2 Å². The molecule has 0 saturated carbocycles. The molecule has 0 spiro atoms. The molecule has 3 N–H and O–H groups in total. The zero-order valence-electron chi connectivity index (χ0n) is 13.5. The summed E-state index contributed by atoms with van der Waals surface area (Å²) in [5, 5.41) is 4.91. The summed E-state index contributed by atoms with van der Waals surface area (Å²) in [5.74, 6) is 0.880. The number of anilines is 2. The van der Waals surface area contributed by atoms with E-state index in [0.29, 0.717) is 6.54 Å². The zero-order valence-corrected chi connectivity index (χ0v) is 13.5. The molecule has 2 aromatic rings. The van der Waals surface area contributed by atoms with Crippen LogP contribution in [0.25, 0.3) is 0 Å². The van der Waals surface area contributed by atoms with Crippen LogP contribution >= 0.6 is 0 Å². The Kier molecular flexibility index (Phi) is 4.98. The number of quaternary nitrogens is 1. The highest BCUT2D eigenvalue weighted by molar-refractivity contribution is 5.91. The third-order valence-corrected chi connectivity index (χ3v) is 4.27. The van der Waals surface area contributed by atoms with Crippen LogP contribution in [0.15, 0.2) is 47.1 Å². The van der Waals surface area contributed by atoms with Gasteiger partial charge in [0.15, 0.2) is 12.3 Å². The fourth-order valence-corrected chi connectivity index (χ4v) is 2.89. The van der Waals surface area contributed by atoms with Gasteiger partial charge in [0, 0.05) is 24.5 Å². The van der Waals surface area contributed by atoms with E-state index in [4.69, 9.17) is 4.42 Å². The van der Waals surface area contributed by atoms with Crippen molar-refractivity contribution in [2.75, 3.05) is 29.9 Å². The van der Waals surface area contributed by atoms with Crippen LogP contribution < -0.4 is 15.5 Å². The molecule has 5 heteroatoms. The first-order valence-corrected chi connectivity index (χ1v) is 8.24. The Bertz CT molecular complexity index is 616. The minimum absolute atomic E-state index is 0.00247. The zero-order chi connectivity index (χ0) is 16.1. The molecule has 1 fully saturated rings. The molecule has 2 heterocycles. The van der Waals surface area contributed by atoms with E-state index in [0.717, 1.165) is 24.5 Å². The summed E-state index contributed by atoms with van der Waals surface area (Å²) in [7, 11) is 0. The predicted molar refractivity (Wildman–Crippen MR) is 90.4 cm³/mol. The molecule has 1 aromatic carbocycles. The number of hydrogen-bond donors (Lipinski definition) is 2. The lowest BCUT2D eigenvalue weighted by Crippen LogP contribution is -2.86. The van der Waals surface area contributed by atoms with E-state index in [1.807, 2.05) is 36.5 Å². The molecule has 122 valence electrons. The molecule has 1 aromatic heterocycles. The normalized spacial score (nSPS) is 15.6. The Balaban J connectivity index is 1.47. The summed E-state index contributed by atoms with van der Waals surface area (Å²) in [6.45, 7) is 4.66. The molecule has 5 nitrogen and oxygen atoms in total. The maximum absolute atomic E-state index is 12.0. The highest BCUT2D eigenvalue weighted by Crippen LogP contribution is 2.21. The standard InChI is InChI=1S/C18H23N3O2/c1-14(17-5-4-12-23-17)19-13-18(22)20-15-6-8-16(9-7-15)21-10-2-3-11-21/h4-9,12,14,19H,2-3,10-11,13H2,1H3,(H,20,22)/p+1/t14-/m1/s1. The third-order valence-electron chi connectivity index (χ3n) is 4.27. The van der Waals surface area contributed by atoms with E-state index in [1.165, 1.54) is 18.5 Å². The lowest BCUT2D eigenvalue weighted by atomic mass is 10.2. The van der Waals surface area contributed by atoms with Crippen molar-refractivity contribution in [2.45, 2.75) is 25.8 Å². The summed E-state index contributed by atoms with van der Waals surface area (Å²) < 4.78 is 5.34. The molecular weight excluding hydrogens is 290 g/mol. The molecule has 3 rings (SSSR count). The van der Waals surface area contributed by atoms with Gasteiger partial charge in [-0.1, -0.05) is 0 Å². The van der Waals surface area contributed by atoms with Crippen LogP contribution in [0.2, 0.25) is 0 Å². The van der Waals surface area contributed by atoms with Crippen LogP contribution in [-0.2, 0) is 4.79 Å². The lowest BCUT2D eigenvalue weighted by molar-refractivity contribution is -0.684.